The van der Waals surface area contributed by atoms with Crippen molar-refractivity contribution in [3.05, 3.63) is 129 Å². The highest BCUT2D eigenvalue weighted by Crippen LogP contribution is 2.62. The topological polar surface area (TPSA) is 6.48 Å². The third-order valence-corrected chi connectivity index (χ3v) is 13.5. The first-order chi connectivity index (χ1) is 24.3. The molecular weight excluding hydrogens is 672 g/mol. The lowest BCUT2D eigenvalue weighted by Gasteiger charge is -2.51. The second-order valence-electron chi connectivity index (χ2n) is 19.2. The molecule has 3 aliphatic carbocycles. The van der Waals surface area contributed by atoms with Crippen LogP contribution in [0.1, 0.15) is 129 Å². The third kappa shape index (κ3) is 6.73. The third-order valence-electron chi connectivity index (χ3n) is 12.0. The number of thiophene rings is 1. The fraction of sp³-hybridized carbons (Fsp3) is 0.417. The van der Waals surface area contributed by atoms with E-state index in [0.717, 1.165) is 33.5 Å². The molecule has 0 unspecified atom stereocenters. The number of anilines is 6. The van der Waals surface area contributed by atoms with Crippen molar-refractivity contribution in [3.63, 3.8) is 0 Å². The summed E-state index contributed by atoms with van der Waals surface area (Å²) in [6, 6.07) is 34.0. The molecule has 0 amide bonds. The molecule has 4 aromatic carbocycles. The van der Waals surface area contributed by atoms with E-state index >= 15 is 0 Å². The van der Waals surface area contributed by atoms with Gasteiger partial charge in [0.2, 0.25) is 0 Å². The molecule has 2 nitrogen and oxygen atoms in total. The normalized spacial score (nSPS) is 20.2. The zero-order valence-electron chi connectivity index (χ0n) is 33.2. The maximum atomic E-state index is 7.22. The zero-order chi connectivity index (χ0) is 37.4. The number of nitrogens with zero attached hydrogens (tertiary/aromatic N) is 2. The second-order valence-corrected chi connectivity index (χ2v) is 20.5. The molecule has 1 saturated carbocycles. The van der Waals surface area contributed by atoms with E-state index in [9.17, 15) is 0 Å². The quantitative estimate of drug-likeness (QED) is 0.172. The van der Waals surface area contributed by atoms with Gasteiger partial charge in [0.05, 0.1) is 5.69 Å². The summed E-state index contributed by atoms with van der Waals surface area (Å²) in [5.74, 6) is 0. The fourth-order valence-electron chi connectivity index (χ4n) is 8.39. The van der Waals surface area contributed by atoms with Crippen molar-refractivity contribution in [3.8, 4) is 0 Å². The molecule has 5 aromatic rings. The van der Waals surface area contributed by atoms with Gasteiger partial charge in [0, 0.05) is 49.1 Å². The van der Waals surface area contributed by atoms with E-state index in [1.54, 1.807) is 10.4 Å². The highest BCUT2D eigenvalue weighted by atomic mass is 35.5. The van der Waals surface area contributed by atoms with Crippen molar-refractivity contribution in [2.75, 3.05) is 9.80 Å². The van der Waals surface area contributed by atoms with Crippen LogP contribution in [0.25, 0.3) is 0 Å². The van der Waals surface area contributed by atoms with Crippen molar-refractivity contribution >= 4 is 57.1 Å². The lowest BCUT2D eigenvalue weighted by atomic mass is 9.55. The molecule has 8 rings (SSSR count). The lowest BCUT2D eigenvalue weighted by Crippen LogP contribution is -2.43. The standard InChI is InChI=1S/C48H57ClN2S/c1-44(2,3)32-12-18-36(19-13-32)50(37-20-14-33(15-21-37)45(4,5)6)39-28-35(49)29-40(30-39)51(38-22-16-34(17-23-38)46(7,8)9)41-31-52-43-42(41)47(10)24-26-48(43,11)27-25-47/h12-23,28-31H,24-27H2,1-11H3. The summed E-state index contributed by atoms with van der Waals surface area (Å²) in [4.78, 5) is 6.44. The van der Waals surface area contributed by atoms with E-state index in [4.69, 9.17) is 11.6 Å². The molecule has 3 aliphatic rings. The van der Waals surface area contributed by atoms with Crippen molar-refractivity contribution < 1.29 is 0 Å². The van der Waals surface area contributed by atoms with Crippen molar-refractivity contribution in [2.45, 2.75) is 129 Å². The largest absolute Gasteiger partial charge is 0.310 e. The highest BCUT2D eigenvalue weighted by Gasteiger charge is 2.50. The first-order valence-electron chi connectivity index (χ1n) is 19.1. The molecule has 1 fully saturated rings. The summed E-state index contributed by atoms with van der Waals surface area (Å²) in [6.07, 6.45) is 5.02. The Kier molecular flexibility index (Phi) is 9.07. The Morgan fingerprint density at radius 2 is 0.865 bits per heavy atom. The molecule has 0 aliphatic heterocycles. The average molecular weight is 730 g/mol. The van der Waals surface area contributed by atoms with Crippen LogP contribution in [0.5, 0.6) is 0 Å². The van der Waals surface area contributed by atoms with Crippen LogP contribution in [0, 0.1) is 0 Å². The molecule has 4 heteroatoms. The van der Waals surface area contributed by atoms with E-state index in [2.05, 4.69) is 182 Å². The Balaban J connectivity index is 1.43. The average Bonchev–Trinajstić information content (AvgIpc) is 3.54. The van der Waals surface area contributed by atoms with Gasteiger partial charge in [-0.1, -0.05) is 124 Å². The summed E-state index contributed by atoms with van der Waals surface area (Å²) < 4.78 is 0. The number of benzene rings is 4. The van der Waals surface area contributed by atoms with Gasteiger partial charge in [-0.15, -0.1) is 11.3 Å². The van der Waals surface area contributed by atoms with Gasteiger partial charge in [-0.25, -0.2) is 0 Å². The van der Waals surface area contributed by atoms with Gasteiger partial charge < -0.3 is 9.80 Å². The van der Waals surface area contributed by atoms with E-state index in [0.29, 0.717) is 0 Å². The smallest absolute Gasteiger partial charge is 0.0609 e. The zero-order valence-corrected chi connectivity index (χ0v) is 34.8. The van der Waals surface area contributed by atoms with Crippen LogP contribution in [0.4, 0.5) is 34.1 Å². The molecule has 2 bridgehead atoms. The SMILES string of the molecule is CC(C)(C)c1ccc(N(c2ccc(C(C)(C)C)cc2)c2cc(Cl)cc(N(c3ccc(C(C)(C)C)cc3)c3csc4c3C3(C)CCC4(C)CC3)c2)cc1. The van der Waals surface area contributed by atoms with Crippen LogP contribution in [0.15, 0.2) is 96.4 Å². The predicted molar refractivity (Wildman–Crippen MR) is 228 cm³/mol. The number of hydrogen-bond acceptors (Lipinski definition) is 3. The fourth-order valence-corrected chi connectivity index (χ4v) is 10.0. The van der Waals surface area contributed by atoms with E-state index < -0.39 is 0 Å². The summed E-state index contributed by atoms with van der Waals surface area (Å²) in [5.41, 5.74) is 12.9. The number of fused-ring (bicyclic) bond motifs is 2. The first-order valence-corrected chi connectivity index (χ1v) is 20.4. The maximum Gasteiger partial charge on any atom is 0.0609 e. The van der Waals surface area contributed by atoms with Crippen LogP contribution in [-0.4, -0.2) is 0 Å². The Bertz CT molecular complexity index is 2000. The van der Waals surface area contributed by atoms with Gasteiger partial charge >= 0.3 is 0 Å². The minimum Gasteiger partial charge on any atom is -0.310 e. The molecule has 0 spiro atoms. The van der Waals surface area contributed by atoms with E-state index in [1.165, 1.54) is 48.1 Å². The molecular formula is C48H57ClN2S. The van der Waals surface area contributed by atoms with Crippen molar-refractivity contribution in [2.24, 2.45) is 0 Å². The molecule has 1 aromatic heterocycles. The van der Waals surface area contributed by atoms with Crippen LogP contribution >= 0.6 is 22.9 Å². The molecule has 52 heavy (non-hydrogen) atoms. The van der Waals surface area contributed by atoms with Crippen LogP contribution < -0.4 is 9.80 Å². The molecule has 272 valence electrons. The highest BCUT2D eigenvalue weighted by molar-refractivity contribution is 7.11. The van der Waals surface area contributed by atoms with Gasteiger partial charge in [-0.05, 0) is 124 Å². The van der Waals surface area contributed by atoms with Gasteiger partial charge in [-0.2, -0.15) is 0 Å². The van der Waals surface area contributed by atoms with Crippen molar-refractivity contribution in [1.82, 2.24) is 0 Å². The van der Waals surface area contributed by atoms with Gasteiger partial charge in [-0.3, -0.25) is 0 Å². The molecule has 0 N–H and O–H groups in total. The predicted octanol–water partition coefficient (Wildman–Crippen LogP) is 15.3. The van der Waals surface area contributed by atoms with E-state index in [1.807, 2.05) is 11.3 Å². The number of rotatable bonds is 6. The molecule has 0 atom stereocenters. The second kappa shape index (κ2) is 12.8. The lowest BCUT2D eigenvalue weighted by molar-refractivity contribution is 0.193. The maximum absolute atomic E-state index is 7.22. The minimum absolute atomic E-state index is 0.0663. The van der Waals surface area contributed by atoms with Gasteiger partial charge in [0.15, 0.2) is 0 Å². The first kappa shape index (κ1) is 36.8. The number of halogens is 1. The summed E-state index contributed by atoms with van der Waals surface area (Å²) in [7, 11) is 0. The summed E-state index contributed by atoms with van der Waals surface area (Å²) >= 11 is 9.19. The monoisotopic (exact) mass is 728 g/mol. The van der Waals surface area contributed by atoms with E-state index in [-0.39, 0.29) is 27.1 Å². The molecule has 0 radical (unpaired) electrons. The van der Waals surface area contributed by atoms with Crippen LogP contribution in [0.3, 0.4) is 0 Å². The van der Waals surface area contributed by atoms with Gasteiger partial charge in [0.1, 0.15) is 0 Å². The Morgan fingerprint density at radius 3 is 1.27 bits per heavy atom. The van der Waals surface area contributed by atoms with Crippen LogP contribution in [-0.2, 0) is 27.1 Å². The minimum atomic E-state index is 0.0663. The Labute approximate surface area is 322 Å². The number of hydrogen-bond donors (Lipinski definition) is 0. The van der Waals surface area contributed by atoms with Gasteiger partial charge in [0.25, 0.3) is 0 Å². The molecule has 1 heterocycles. The Hall–Kier alpha value is -3.53. The van der Waals surface area contributed by atoms with Crippen LogP contribution in [0.2, 0.25) is 5.02 Å². The Morgan fingerprint density at radius 1 is 0.500 bits per heavy atom. The summed E-state index contributed by atoms with van der Waals surface area (Å²) in [6.45, 7) is 25.5. The summed E-state index contributed by atoms with van der Waals surface area (Å²) in [5, 5.41) is 3.15. The van der Waals surface area contributed by atoms with Crippen molar-refractivity contribution in [1.29, 1.82) is 0 Å². The molecule has 0 saturated heterocycles.